The molecule has 5 nitrogen and oxygen atoms in total. The number of carbonyl (C=O) groups is 1. The van der Waals surface area contributed by atoms with Gasteiger partial charge in [0.2, 0.25) is 0 Å². The Balaban J connectivity index is 1.79. The van der Waals surface area contributed by atoms with Gasteiger partial charge in [-0.05, 0) is 30.3 Å². The molecule has 26 heavy (non-hydrogen) atoms. The summed E-state index contributed by atoms with van der Waals surface area (Å²) in [6, 6.07) is 13.6. The van der Waals surface area contributed by atoms with Crippen LogP contribution in [0.3, 0.4) is 0 Å². The zero-order valence-corrected chi connectivity index (χ0v) is 13.3. The highest BCUT2D eigenvalue weighted by atomic mass is 19.2. The monoisotopic (exact) mass is 350 g/mol. The lowest BCUT2D eigenvalue weighted by Gasteiger charge is -2.10. The van der Waals surface area contributed by atoms with Crippen molar-refractivity contribution in [1.82, 2.24) is 4.98 Å². The van der Waals surface area contributed by atoms with E-state index >= 15 is 0 Å². The van der Waals surface area contributed by atoms with E-state index < -0.39 is 17.5 Å². The van der Waals surface area contributed by atoms with E-state index in [0.29, 0.717) is 16.9 Å². The number of anilines is 3. The van der Waals surface area contributed by atoms with Gasteiger partial charge in [0, 0.05) is 18.0 Å². The number of amides is 1. The van der Waals surface area contributed by atoms with E-state index in [1.165, 1.54) is 24.5 Å². The van der Waals surface area contributed by atoms with Crippen LogP contribution in [0.1, 0.15) is 15.9 Å². The summed E-state index contributed by atoms with van der Waals surface area (Å²) in [7, 11) is 0. The van der Waals surface area contributed by atoms with Gasteiger partial charge in [0.25, 0.3) is 5.91 Å². The van der Waals surface area contributed by atoms with Gasteiger partial charge in [0.1, 0.15) is 6.07 Å². The third-order valence-corrected chi connectivity index (χ3v) is 3.50. The maximum atomic E-state index is 13.2. The fourth-order valence-electron chi connectivity index (χ4n) is 2.25. The molecule has 0 saturated carbocycles. The molecule has 7 heteroatoms. The SMILES string of the molecule is N#Cc1ccccc1Nc1cncc(C(=O)Nc2ccc(F)c(F)c2)c1. The van der Waals surface area contributed by atoms with Crippen LogP contribution in [-0.4, -0.2) is 10.9 Å². The van der Waals surface area contributed by atoms with E-state index in [-0.39, 0.29) is 11.3 Å². The number of rotatable bonds is 4. The predicted molar refractivity (Wildman–Crippen MR) is 93.0 cm³/mol. The number of hydrogen-bond acceptors (Lipinski definition) is 4. The molecule has 0 fully saturated rings. The van der Waals surface area contributed by atoms with Crippen LogP contribution < -0.4 is 10.6 Å². The Morgan fingerprint density at radius 3 is 2.58 bits per heavy atom. The number of nitrogens with zero attached hydrogens (tertiary/aromatic N) is 2. The van der Waals surface area contributed by atoms with E-state index in [4.69, 9.17) is 5.26 Å². The maximum Gasteiger partial charge on any atom is 0.257 e. The minimum absolute atomic E-state index is 0.127. The highest BCUT2D eigenvalue weighted by Crippen LogP contribution is 2.21. The molecule has 0 spiro atoms. The zero-order valence-electron chi connectivity index (χ0n) is 13.3. The van der Waals surface area contributed by atoms with Crippen LogP contribution in [0, 0.1) is 23.0 Å². The standard InChI is InChI=1S/C19H12F2N4O/c20-16-6-5-14(8-17(16)21)25-19(26)13-7-15(11-23-10-13)24-18-4-2-1-3-12(18)9-22/h1-8,10-11,24H,(H,25,26). The average molecular weight is 350 g/mol. The summed E-state index contributed by atoms with van der Waals surface area (Å²) in [6.07, 6.45) is 2.85. The minimum atomic E-state index is -1.05. The van der Waals surface area contributed by atoms with Crippen molar-refractivity contribution in [2.45, 2.75) is 0 Å². The molecule has 2 aromatic carbocycles. The Hall–Kier alpha value is -3.79. The largest absolute Gasteiger partial charge is 0.353 e. The third-order valence-electron chi connectivity index (χ3n) is 3.50. The lowest BCUT2D eigenvalue weighted by molar-refractivity contribution is 0.102. The number of halogens is 2. The van der Waals surface area contributed by atoms with Gasteiger partial charge in [-0.2, -0.15) is 5.26 Å². The molecular weight excluding hydrogens is 338 g/mol. The van der Waals surface area contributed by atoms with Crippen LogP contribution in [0.25, 0.3) is 0 Å². The van der Waals surface area contributed by atoms with E-state index in [0.717, 1.165) is 12.1 Å². The average Bonchev–Trinajstić information content (AvgIpc) is 2.65. The van der Waals surface area contributed by atoms with Gasteiger partial charge in [-0.3, -0.25) is 9.78 Å². The van der Waals surface area contributed by atoms with Crippen molar-refractivity contribution in [3.05, 3.63) is 83.7 Å². The smallest absolute Gasteiger partial charge is 0.257 e. The highest BCUT2D eigenvalue weighted by Gasteiger charge is 2.10. The summed E-state index contributed by atoms with van der Waals surface area (Å²) in [5.74, 6) is -2.57. The Morgan fingerprint density at radius 2 is 1.81 bits per heavy atom. The molecular formula is C19H12F2N4O. The van der Waals surface area contributed by atoms with Crippen LogP contribution in [0.4, 0.5) is 25.8 Å². The van der Waals surface area contributed by atoms with Crippen molar-refractivity contribution in [3.63, 3.8) is 0 Å². The van der Waals surface area contributed by atoms with Crippen LogP contribution in [0.15, 0.2) is 60.9 Å². The van der Waals surface area contributed by atoms with Gasteiger partial charge in [-0.15, -0.1) is 0 Å². The topological polar surface area (TPSA) is 77.8 Å². The summed E-state index contributed by atoms with van der Waals surface area (Å²) in [6.45, 7) is 0. The second-order valence-electron chi connectivity index (χ2n) is 5.33. The Bertz CT molecular complexity index is 1010. The number of hydrogen-bond donors (Lipinski definition) is 2. The lowest BCUT2D eigenvalue weighted by atomic mass is 10.2. The molecule has 0 unspecified atom stereocenters. The van der Waals surface area contributed by atoms with Crippen molar-refractivity contribution < 1.29 is 13.6 Å². The molecule has 0 aliphatic rings. The first-order valence-corrected chi connectivity index (χ1v) is 7.54. The summed E-state index contributed by atoms with van der Waals surface area (Å²) >= 11 is 0. The molecule has 128 valence electrons. The van der Waals surface area contributed by atoms with Crippen molar-refractivity contribution >= 4 is 23.0 Å². The first-order chi connectivity index (χ1) is 12.6. The van der Waals surface area contributed by atoms with Crippen molar-refractivity contribution in [2.24, 2.45) is 0 Å². The van der Waals surface area contributed by atoms with Gasteiger partial charge < -0.3 is 10.6 Å². The van der Waals surface area contributed by atoms with Crippen LogP contribution in [-0.2, 0) is 0 Å². The van der Waals surface area contributed by atoms with Crippen LogP contribution in [0.2, 0.25) is 0 Å². The van der Waals surface area contributed by atoms with Gasteiger partial charge in [-0.25, -0.2) is 8.78 Å². The van der Waals surface area contributed by atoms with Crippen molar-refractivity contribution in [2.75, 3.05) is 10.6 Å². The molecule has 0 aliphatic carbocycles. The predicted octanol–water partition coefficient (Wildman–Crippen LogP) is 4.23. The number of nitrogens with one attached hydrogen (secondary N) is 2. The van der Waals surface area contributed by atoms with Crippen molar-refractivity contribution in [1.29, 1.82) is 5.26 Å². The number of para-hydroxylation sites is 1. The van der Waals surface area contributed by atoms with Gasteiger partial charge >= 0.3 is 0 Å². The van der Waals surface area contributed by atoms with Gasteiger partial charge in [0.15, 0.2) is 11.6 Å². The van der Waals surface area contributed by atoms with E-state index in [1.54, 1.807) is 24.3 Å². The van der Waals surface area contributed by atoms with Crippen LogP contribution >= 0.6 is 0 Å². The molecule has 1 aromatic heterocycles. The molecule has 0 radical (unpaired) electrons. The summed E-state index contributed by atoms with van der Waals surface area (Å²) in [5, 5.41) is 14.6. The molecule has 2 N–H and O–H groups in total. The lowest BCUT2D eigenvalue weighted by Crippen LogP contribution is -2.13. The minimum Gasteiger partial charge on any atom is -0.353 e. The Kier molecular flexibility index (Phi) is 4.85. The van der Waals surface area contributed by atoms with Gasteiger partial charge in [0.05, 0.1) is 28.7 Å². The Labute approximate surface area is 147 Å². The quantitative estimate of drug-likeness (QED) is 0.738. The number of carbonyl (C=O) groups excluding carboxylic acids is 1. The Morgan fingerprint density at radius 1 is 1.00 bits per heavy atom. The van der Waals surface area contributed by atoms with Crippen LogP contribution in [0.5, 0.6) is 0 Å². The second-order valence-corrected chi connectivity index (χ2v) is 5.33. The molecule has 1 heterocycles. The second kappa shape index (κ2) is 7.40. The van der Waals surface area contributed by atoms with Crippen molar-refractivity contribution in [3.8, 4) is 6.07 Å². The molecule has 3 rings (SSSR count). The molecule has 0 aliphatic heterocycles. The number of aromatic nitrogens is 1. The highest BCUT2D eigenvalue weighted by molar-refractivity contribution is 6.04. The molecule has 3 aromatic rings. The first kappa shape index (κ1) is 17.0. The maximum absolute atomic E-state index is 13.2. The molecule has 0 saturated heterocycles. The zero-order chi connectivity index (χ0) is 18.5. The van der Waals surface area contributed by atoms with Gasteiger partial charge in [-0.1, -0.05) is 12.1 Å². The molecule has 1 amide bonds. The fourth-order valence-corrected chi connectivity index (χ4v) is 2.25. The molecule has 0 atom stereocenters. The van der Waals surface area contributed by atoms with E-state index in [1.807, 2.05) is 0 Å². The number of nitriles is 1. The normalized spacial score (nSPS) is 10.0. The van der Waals surface area contributed by atoms with E-state index in [9.17, 15) is 13.6 Å². The molecule has 0 bridgehead atoms. The number of benzene rings is 2. The van der Waals surface area contributed by atoms with E-state index in [2.05, 4.69) is 21.7 Å². The summed E-state index contributed by atoms with van der Waals surface area (Å²) < 4.78 is 26.2. The third kappa shape index (κ3) is 3.82. The summed E-state index contributed by atoms with van der Waals surface area (Å²) in [4.78, 5) is 16.3. The fraction of sp³-hybridized carbons (Fsp3) is 0. The summed E-state index contributed by atoms with van der Waals surface area (Å²) in [5.41, 5.74) is 1.88. The first-order valence-electron chi connectivity index (χ1n) is 7.54. The number of pyridine rings is 1.